The van der Waals surface area contributed by atoms with Crippen molar-refractivity contribution in [1.29, 1.82) is 5.26 Å². The van der Waals surface area contributed by atoms with Gasteiger partial charge in [-0.3, -0.25) is 0 Å². The molecule has 0 aliphatic rings. The second kappa shape index (κ2) is 8.42. The SMILES string of the molecule is COc1nn(C(c2ccccc2)(c2ccccc2)c2ccccc2)c2cc(Cl)nc(C#N)c12. The van der Waals surface area contributed by atoms with Crippen LogP contribution in [0.5, 0.6) is 5.88 Å². The van der Waals surface area contributed by atoms with Gasteiger partial charge in [-0.1, -0.05) is 103 Å². The van der Waals surface area contributed by atoms with E-state index in [1.54, 1.807) is 6.07 Å². The number of hydrogen-bond acceptors (Lipinski definition) is 4. The van der Waals surface area contributed by atoms with Gasteiger partial charge < -0.3 is 4.74 Å². The second-order valence-electron chi connectivity index (χ2n) is 7.53. The average Bonchev–Trinajstić information content (AvgIpc) is 3.25. The summed E-state index contributed by atoms with van der Waals surface area (Å²) in [6.45, 7) is 0. The van der Waals surface area contributed by atoms with Crippen molar-refractivity contribution in [2.24, 2.45) is 0 Å². The first-order valence-corrected chi connectivity index (χ1v) is 10.8. The summed E-state index contributed by atoms with van der Waals surface area (Å²) in [5, 5.41) is 15.4. The van der Waals surface area contributed by atoms with E-state index in [2.05, 4.69) is 47.5 Å². The third kappa shape index (κ3) is 3.24. The first kappa shape index (κ1) is 20.7. The number of methoxy groups -OCH3 is 1. The standard InChI is InChI=1S/C27H19ClN4O/c1-33-26-25-22(18-29)30-24(28)17-23(25)32(31-26)27(19-11-5-2-6-12-19,20-13-7-3-8-14-20)21-15-9-4-10-16-21/h2-17H,1H3. The molecule has 0 aliphatic heterocycles. The van der Waals surface area contributed by atoms with Crippen molar-refractivity contribution >= 4 is 22.5 Å². The molecule has 160 valence electrons. The van der Waals surface area contributed by atoms with E-state index in [9.17, 15) is 5.26 Å². The van der Waals surface area contributed by atoms with Crippen LogP contribution < -0.4 is 4.74 Å². The van der Waals surface area contributed by atoms with E-state index in [1.165, 1.54) is 7.11 Å². The zero-order valence-corrected chi connectivity index (χ0v) is 18.6. The maximum absolute atomic E-state index is 9.78. The highest BCUT2D eigenvalue weighted by molar-refractivity contribution is 6.30. The molecule has 0 spiro atoms. The Morgan fingerprint density at radius 2 is 1.33 bits per heavy atom. The first-order chi connectivity index (χ1) is 16.2. The van der Waals surface area contributed by atoms with Crippen molar-refractivity contribution in [3.05, 3.63) is 125 Å². The van der Waals surface area contributed by atoms with Crippen molar-refractivity contribution in [2.75, 3.05) is 7.11 Å². The van der Waals surface area contributed by atoms with Gasteiger partial charge >= 0.3 is 0 Å². The molecular formula is C27H19ClN4O. The summed E-state index contributed by atoms with van der Waals surface area (Å²) in [7, 11) is 1.54. The van der Waals surface area contributed by atoms with Crippen LogP contribution in [0.1, 0.15) is 22.4 Å². The molecule has 0 radical (unpaired) electrons. The number of halogens is 1. The quantitative estimate of drug-likeness (QED) is 0.250. The summed E-state index contributed by atoms with van der Waals surface area (Å²) < 4.78 is 7.53. The maximum atomic E-state index is 9.78. The highest BCUT2D eigenvalue weighted by Crippen LogP contribution is 2.44. The Labute approximate surface area is 196 Å². The Bertz CT molecular complexity index is 1360. The molecule has 33 heavy (non-hydrogen) atoms. The van der Waals surface area contributed by atoms with E-state index in [0.29, 0.717) is 16.8 Å². The molecule has 2 heterocycles. The minimum absolute atomic E-state index is 0.170. The van der Waals surface area contributed by atoms with Gasteiger partial charge in [0.25, 0.3) is 0 Å². The van der Waals surface area contributed by atoms with Crippen LogP contribution >= 0.6 is 11.6 Å². The summed E-state index contributed by atoms with van der Waals surface area (Å²) in [6, 6.07) is 34.3. The lowest BCUT2D eigenvalue weighted by Crippen LogP contribution is -2.38. The van der Waals surface area contributed by atoms with Gasteiger partial charge in [-0.2, -0.15) is 5.26 Å². The van der Waals surface area contributed by atoms with Crippen molar-refractivity contribution in [3.63, 3.8) is 0 Å². The van der Waals surface area contributed by atoms with Crippen LogP contribution in [0, 0.1) is 11.3 Å². The van der Waals surface area contributed by atoms with Crippen molar-refractivity contribution in [1.82, 2.24) is 14.8 Å². The smallest absolute Gasteiger partial charge is 0.243 e. The van der Waals surface area contributed by atoms with Crippen LogP contribution in [0.2, 0.25) is 5.15 Å². The molecule has 2 aromatic heterocycles. The number of benzene rings is 3. The minimum atomic E-state index is -0.865. The van der Waals surface area contributed by atoms with Crippen LogP contribution in [0.4, 0.5) is 0 Å². The normalized spacial score (nSPS) is 11.3. The van der Waals surface area contributed by atoms with E-state index in [0.717, 1.165) is 16.7 Å². The topological polar surface area (TPSA) is 63.7 Å². The van der Waals surface area contributed by atoms with Crippen molar-refractivity contribution in [2.45, 2.75) is 5.54 Å². The fourth-order valence-electron chi connectivity index (χ4n) is 4.46. The molecule has 6 heteroatoms. The third-order valence-electron chi connectivity index (χ3n) is 5.79. The summed E-state index contributed by atoms with van der Waals surface area (Å²) in [4.78, 5) is 4.21. The fourth-order valence-corrected chi connectivity index (χ4v) is 4.65. The van der Waals surface area contributed by atoms with E-state index >= 15 is 0 Å². The van der Waals surface area contributed by atoms with E-state index < -0.39 is 5.54 Å². The van der Waals surface area contributed by atoms with Crippen LogP contribution in [0.25, 0.3) is 10.9 Å². The molecule has 0 saturated heterocycles. The van der Waals surface area contributed by atoms with Gasteiger partial charge in [-0.15, -0.1) is 5.10 Å². The van der Waals surface area contributed by atoms with Crippen LogP contribution in [-0.4, -0.2) is 21.9 Å². The zero-order valence-electron chi connectivity index (χ0n) is 17.8. The Hall–Kier alpha value is -4.14. The van der Waals surface area contributed by atoms with Crippen molar-refractivity contribution in [3.8, 4) is 11.9 Å². The van der Waals surface area contributed by atoms with Gasteiger partial charge in [0.1, 0.15) is 22.1 Å². The summed E-state index contributed by atoms with van der Waals surface area (Å²) in [5.74, 6) is 0.317. The Morgan fingerprint density at radius 1 is 0.848 bits per heavy atom. The average molecular weight is 451 g/mol. The van der Waals surface area contributed by atoms with E-state index in [4.69, 9.17) is 21.4 Å². The number of pyridine rings is 1. The molecule has 5 rings (SSSR count). The summed E-state index contributed by atoms with van der Waals surface area (Å²) in [6.07, 6.45) is 0. The number of rotatable bonds is 5. The summed E-state index contributed by atoms with van der Waals surface area (Å²) >= 11 is 6.37. The second-order valence-corrected chi connectivity index (χ2v) is 7.92. The first-order valence-electron chi connectivity index (χ1n) is 10.4. The van der Waals surface area contributed by atoms with Crippen molar-refractivity contribution < 1.29 is 4.74 Å². The van der Waals surface area contributed by atoms with E-state index in [-0.39, 0.29) is 10.8 Å². The van der Waals surface area contributed by atoms with Gasteiger partial charge in [0, 0.05) is 6.07 Å². The molecule has 0 unspecified atom stereocenters. The molecule has 0 amide bonds. The number of aromatic nitrogens is 3. The molecule has 0 bridgehead atoms. The lowest BCUT2D eigenvalue weighted by Gasteiger charge is -2.36. The van der Waals surface area contributed by atoms with Gasteiger partial charge in [-0.05, 0) is 16.7 Å². The largest absolute Gasteiger partial charge is 0.479 e. The fraction of sp³-hybridized carbons (Fsp3) is 0.0741. The number of nitriles is 1. The maximum Gasteiger partial charge on any atom is 0.243 e. The predicted molar refractivity (Wildman–Crippen MR) is 128 cm³/mol. The van der Waals surface area contributed by atoms with Crippen LogP contribution in [0.3, 0.4) is 0 Å². The highest BCUT2D eigenvalue weighted by atomic mass is 35.5. The lowest BCUT2D eigenvalue weighted by molar-refractivity contribution is 0.378. The lowest BCUT2D eigenvalue weighted by atomic mass is 9.77. The summed E-state index contributed by atoms with van der Waals surface area (Å²) in [5.41, 5.74) is 2.96. The molecule has 3 aromatic carbocycles. The third-order valence-corrected chi connectivity index (χ3v) is 5.99. The monoisotopic (exact) mass is 450 g/mol. The minimum Gasteiger partial charge on any atom is -0.479 e. The molecule has 0 fully saturated rings. The molecule has 0 N–H and O–H groups in total. The molecule has 5 aromatic rings. The zero-order chi connectivity index (χ0) is 22.8. The van der Waals surface area contributed by atoms with Gasteiger partial charge in [0.15, 0.2) is 5.69 Å². The highest BCUT2D eigenvalue weighted by Gasteiger charge is 2.41. The van der Waals surface area contributed by atoms with Gasteiger partial charge in [0.05, 0.1) is 12.6 Å². The Kier molecular flexibility index (Phi) is 5.29. The molecule has 5 nitrogen and oxygen atoms in total. The van der Waals surface area contributed by atoms with E-state index in [1.807, 2.05) is 59.3 Å². The Balaban J connectivity index is 2.03. The molecule has 0 saturated carbocycles. The number of ether oxygens (including phenoxy) is 1. The Morgan fingerprint density at radius 3 is 1.76 bits per heavy atom. The predicted octanol–water partition coefficient (Wildman–Crippen LogP) is 5.81. The van der Waals surface area contributed by atoms with Crippen LogP contribution in [0.15, 0.2) is 97.1 Å². The van der Waals surface area contributed by atoms with Crippen LogP contribution in [-0.2, 0) is 5.54 Å². The molecular weight excluding hydrogens is 432 g/mol. The number of fused-ring (bicyclic) bond motifs is 1. The van der Waals surface area contributed by atoms with Gasteiger partial charge in [-0.25, -0.2) is 9.67 Å². The molecule has 0 atom stereocenters. The molecule has 0 aliphatic carbocycles. The number of nitrogens with zero attached hydrogens (tertiary/aromatic N) is 4. The van der Waals surface area contributed by atoms with Gasteiger partial charge in [0.2, 0.25) is 5.88 Å². The number of hydrogen-bond donors (Lipinski definition) is 0.